The van der Waals surface area contributed by atoms with E-state index in [2.05, 4.69) is 20.4 Å². The third-order valence-electron chi connectivity index (χ3n) is 6.16. The van der Waals surface area contributed by atoms with E-state index >= 15 is 0 Å². The SMILES string of the molecule is CC(OC=O)c1ccccc1Cl.CNc1c(C)noc1-c1ccc(-c2ccc(CC(=O)O)cc2)c2[nH]cnc12. The lowest BCUT2D eigenvalue weighted by atomic mass is 9.98. The average Bonchev–Trinajstić information content (AvgIpc) is 3.56. The maximum absolute atomic E-state index is 10.9. The van der Waals surface area contributed by atoms with Gasteiger partial charge in [0.15, 0.2) is 5.76 Å². The van der Waals surface area contributed by atoms with Crippen LogP contribution < -0.4 is 5.32 Å². The largest absolute Gasteiger partial charge is 0.481 e. The number of benzene rings is 3. The van der Waals surface area contributed by atoms with Crippen molar-refractivity contribution in [3.63, 3.8) is 0 Å². The Morgan fingerprint density at radius 3 is 2.54 bits per heavy atom. The van der Waals surface area contributed by atoms with Gasteiger partial charge in [0, 0.05) is 23.2 Å². The summed E-state index contributed by atoms with van der Waals surface area (Å²) in [6, 6.07) is 18.8. The number of aryl methyl sites for hydroxylation is 1. The van der Waals surface area contributed by atoms with Gasteiger partial charge in [-0.1, -0.05) is 65.3 Å². The summed E-state index contributed by atoms with van der Waals surface area (Å²) < 4.78 is 10.3. The number of nitrogens with zero attached hydrogens (tertiary/aromatic N) is 2. The molecule has 0 aliphatic heterocycles. The number of carboxylic acid groups (broad SMARTS) is 1. The van der Waals surface area contributed by atoms with Crippen LogP contribution in [0, 0.1) is 6.92 Å². The minimum atomic E-state index is -0.842. The summed E-state index contributed by atoms with van der Waals surface area (Å²) >= 11 is 5.86. The van der Waals surface area contributed by atoms with E-state index in [1.807, 2.05) is 68.6 Å². The Morgan fingerprint density at radius 2 is 1.87 bits per heavy atom. The van der Waals surface area contributed by atoms with Crippen LogP contribution in [-0.2, 0) is 20.7 Å². The number of hydrogen-bond donors (Lipinski definition) is 3. The van der Waals surface area contributed by atoms with Crippen molar-refractivity contribution in [1.29, 1.82) is 0 Å². The Balaban J connectivity index is 0.000000247. The number of H-pyrrole nitrogens is 1. The van der Waals surface area contributed by atoms with Crippen molar-refractivity contribution in [3.05, 3.63) is 88.8 Å². The number of imidazole rings is 1. The van der Waals surface area contributed by atoms with Crippen LogP contribution in [0.1, 0.15) is 29.8 Å². The van der Waals surface area contributed by atoms with E-state index in [0.717, 1.165) is 50.2 Å². The van der Waals surface area contributed by atoms with Crippen molar-refractivity contribution in [1.82, 2.24) is 15.1 Å². The Labute approximate surface area is 229 Å². The molecule has 0 saturated carbocycles. The molecule has 1 atom stereocenters. The number of carboxylic acids is 1. The number of anilines is 1. The molecule has 0 amide bonds. The topological polar surface area (TPSA) is 130 Å². The van der Waals surface area contributed by atoms with Crippen LogP contribution in [0.3, 0.4) is 0 Å². The van der Waals surface area contributed by atoms with Crippen molar-refractivity contribution >= 4 is 40.8 Å². The van der Waals surface area contributed by atoms with Gasteiger partial charge in [0.05, 0.1) is 23.8 Å². The van der Waals surface area contributed by atoms with Gasteiger partial charge >= 0.3 is 5.97 Å². The van der Waals surface area contributed by atoms with Crippen LogP contribution >= 0.6 is 11.6 Å². The number of aliphatic carboxylic acids is 1. The van der Waals surface area contributed by atoms with E-state index in [9.17, 15) is 9.59 Å². The Bertz CT molecular complexity index is 1590. The van der Waals surface area contributed by atoms with E-state index in [1.165, 1.54) is 0 Å². The second-order valence-electron chi connectivity index (χ2n) is 8.67. The number of carbonyl (C=O) groups excluding carboxylic acids is 1. The number of carbonyl (C=O) groups is 2. The van der Waals surface area contributed by atoms with E-state index in [0.29, 0.717) is 17.3 Å². The second-order valence-corrected chi connectivity index (χ2v) is 9.08. The van der Waals surface area contributed by atoms with Gasteiger partial charge in [-0.15, -0.1) is 0 Å². The van der Waals surface area contributed by atoms with Crippen LogP contribution in [0.2, 0.25) is 5.02 Å². The number of hydrogen-bond acceptors (Lipinski definition) is 7. The third kappa shape index (κ3) is 6.10. The highest BCUT2D eigenvalue weighted by Crippen LogP contribution is 2.38. The highest BCUT2D eigenvalue weighted by atomic mass is 35.5. The Kier molecular flexibility index (Phi) is 8.63. The summed E-state index contributed by atoms with van der Waals surface area (Å²) in [6.45, 7) is 4.08. The highest BCUT2D eigenvalue weighted by molar-refractivity contribution is 6.31. The van der Waals surface area contributed by atoms with Crippen LogP contribution in [-0.4, -0.2) is 39.7 Å². The molecule has 9 nitrogen and oxygen atoms in total. The van der Waals surface area contributed by atoms with Crippen molar-refractivity contribution in [2.75, 3.05) is 12.4 Å². The maximum Gasteiger partial charge on any atom is 0.307 e. The van der Waals surface area contributed by atoms with Crippen LogP contribution in [0.25, 0.3) is 33.5 Å². The second kappa shape index (κ2) is 12.3. The third-order valence-corrected chi connectivity index (χ3v) is 6.51. The van der Waals surface area contributed by atoms with Crippen LogP contribution in [0.15, 0.2) is 71.5 Å². The van der Waals surface area contributed by atoms with Crippen LogP contribution in [0.5, 0.6) is 0 Å². The lowest BCUT2D eigenvalue weighted by Gasteiger charge is -2.10. The minimum absolute atomic E-state index is 0.0102. The number of halogens is 1. The molecule has 200 valence electrons. The lowest BCUT2D eigenvalue weighted by Crippen LogP contribution is -1.99. The summed E-state index contributed by atoms with van der Waals surface area (Å²) in [5.41, 5.74) is 7.69. The molecule has 2 aromatic heterocycles. The maximum atomic E-state index is 10.9. The Morgan fingerprint density at radius 1 is 1.15 bits per heavy atom. The smallest absolute Gasteiger partial charge is 0.307 e. The number of nitrogens with one attached hydrogen (secondary N) is 2. The van der Waals surface area contributed by atoms with Gasteiger partial charge in [-0.25, -0.2) is 4.98 Å². The first kappa shape index (κ1) is 27.4. The van der Waals surface area contributed by atoms with E-state index in [-0.39, 0.29) is 12.5 Å². The number of ether oxygens (including phenoxy) is 1. The molecule has 39 heavy (non-hydrogen) atoms. The summed E-state index contributed by atoms with van der Waals surface area (Å²) in [4.78, 5) is 28.6. The molecule has 0 bridgehead atoms. The van der Waals surface area contributed by atoms with Gasteiger partial charge in [-0.05, 0) is 37.1 Å². The normalized spacial score (nSPS) is 11.4. The molecule has 1 unspecified atom stereocenters. The molecule has 0 aliphatic carbocycles. The molecule has 0 spiro atoms. The number of rotatable bonds is 8. The van der Waals surface area contributed by atoms with Gasteiger partial charge in [-0.2, -0.15) is 0 Å². The summed E-state index contributed by atoms with van der Waals surface area (Å²) in [5.74, 6) is -0.193. The van der Waals surface area contributed by atoms with E-state index in [4.69, 9.17) is 26.0 Å². The molecule has 3 N–H and O–H groups in total. The van der Waals surface area contributed by atoms with Crippen molar-refractivity contribution < 1.29 is 24.0 Å². The first-order valence-corrected chi connectivity index (χ1v) is 12.5. The van der Waals surface area contributed by atoms with Crippen molar-refractivity contribution in [2.24, 2.45) is 0 Å². The molecule has 5 aromatic rings. The molecule has 5 rings (SSSR count). The monoisotopic (exact) mass is 546 g/mol. The first-order valence-electron chi connectivity index (χ1n) is 12.1. The number of fused-ring (bicyclic) bond motifs is 1. The molecule has 0 saturated heterocycles. The van der Waals surface area contributed by atoms with E-state index < -0.39 is 5.97 Å². The molecule has 0 fully saturated rings. The average molecular weight is 547 g/mol. The fraction of sp³-hybridized carbons (Fsp3) is 0.172. The van der Waals surface area contributed by atoms with Crippen LogP contribution in [0.4, 0.5) is 5.69 Å². The zero-order chi connectivity index (χ0) is 27.9. The predicted octanol–water partition coefficient (Wildman–Crippen LogP) is 6.44. The molecule has 0 aliphatic rings. The van der Waals surface area contributed by atoms with Crippen molar-refractivity contribution in [2.45, 2.75) is 26.4 Å². The van der Waals surface area contributed by atoms with Crippen molar-refractivity contribution in [3.8, 4) is 22.5 Å². The predicted molar refractivity (Wildman–Crippen MR) is 150 cm³/mol. The number of aromatic nitrogens is 3. The molecular weight excluding hydrogens is 520 g/mol. The fourth-order valence-electron chi connectivity index (χ4n) is 4.24. The fourth-order valence-corrected chi connectivity index (χ4v) is 4.53. The Hall–Kier alpha value is -4.63. The molecule has 2 heterocycles. The van der Waals surface area contributed by atoms with Gasteiger partial charge in [0.2, 0.25) is 0 Å². The minimum Gasteiger partial charge on any atom is -0.481 e. The van der Waals surface area contributed by atoms with Gasteiger partial charge < -0.3 is 24.7 Å². The lowest BCUT2D eigenvalue weighted by molar-refractivity contribution is -0.136. The van der Waals surface area contributed by atoms with Gasteiger partial charge in [0.1, 0.15) is 23.0 Å². The summed E-state index contributed by atoms with van der Waals surface area (Å²) in [6.07, 6.45) is 1.38. The van der Waals surface area contributed by atoms with E-state index in [1.54, 1.807) is 19.3 Å². The highest BCUT2D eigenvalue weighted by Gasteiger charge is 2.19. The molecular formula is C29H27ClN4O5. The van der Waals surface area contributed by atoms with Gasteiger partial charge in [0.25, 0.3) is 6.47 Å². The zero-order valence-electron chi connectivity index (χ0n) is 21.6. The molecule has 0 radical (unpaired) electrons. The molecule has 3 aromatic carbocycles. The first-order chi connectivity index (χ1) is 18.8. The summed E-state index contributed by atoms with van der Waals surface area (Å²) in [7, 11) is 1.83. The quantitative estimate of drug-likeness (QED) is 0.190. The standard InChI is InChI=1S/C20H18N4O3.C9H9ClO2/c1-11-17(21-2)20(27-24-11)15-8-7-14(18-19(15)23-10-22-18)13-5-3-12(4-6-13)9-16(25)26;1-7(12-6-11)8-4-2-3-5-9(8)10/h3-8,10,21H,9H2,1-2H3,(H,22,23)(H,25,26);2-7H,1H3. The summed E-state index contributed by atoms with van der Waals surface area (Å²) in [5, 5.41) is 16.7. The molecule has 10 heteroatoms. The zero-order valence-corrected chi connectivity index (χ0v) is 22.3. The number of aromatic amines is 1. The van der Waals surface area contributed by atoms with Gasteiger partial charge in [-0.3, -0.25) is 9.59 Å².